The molecule has 1 nitrogen and oxygen atoms in total. The zero-order chi connectivity index (χ0) is 7.28. The van der Waals surface area contributed by atoms with Crippen molar-refractivity contribution in [2.24, 2.45) is 0 Å². The van der Waals surface area contributed by atoms with Crippen LogP contribution in [-0.4, -0.2) is 12.2 Å². The molecule has 0 aromatic rings. The first-order valence-electron chi connectivity index (χ1n) is 2.96. The summed E-state index contributed by atoms with van der Waals surface area (Å²) in [5.74, 6) is -0.0877. The largest absolute Gasteiger partial charge is 0.300 e. The molecule has 0 fully saturated rings. The van der Waals surface area contributed by atoms with Crippen LogP contribution in [0, 0.1) is 0 Å². The van der Waals surface area contributed by atoms with E-state index in [0.29, 0.717) is 6.42 Å². The number of rotatable bonds is 4. The summed E-state index contributed by atoms with van der Waals surface area (Å²) in [6.45, 7) is 1.67. The van der Waals surface area contributed by atoms with Gasteiger partial charge in [0.1, 0.15) is 5.78 Å². The number of Topliss-reactive ketones (excluding diaryl/α,β-unsaturated/α-hetero) is 1. The molecule has 0 N–H and O–H groups in total. The van der Waals surface area contributed by atoms with Crippen LogP contribution in [0.25, 0.3) is 0 Å². The molecular formula is C6H10F2O. The molecule has 0 spiro atoms. The first-order valence-corrected chi connectivity index (χ1v) is 2.96. The Morgan fingerprint density at radius 1 is 1.56 bits per heavy atom. The van der Waals surface area contributed by atoms with Crippen LogP contribution in [0.15, 0.2) is 0 Å². The molecule has 0 saturated heterocycles. The van der Waals surface area contributed by atoms with E-state index in [2.05, 4.69) is 0 Å². The van der Waals surface area contributed by atoms with Crippen molar-refractivity contribution in [2.75, 3.05) is 0 Å². The van der Waals surface area contributed by atoms with Crippen LogP contribution in [-0.2, 0) is 4.79 Å². The number of carbonyl (C=O) groups excluding carboxylic acids is 1. The van der Waals surface area contributed by atoms with Gasteiger partial charge in [-0.2, -0.15) is 0 Å². The van der Waals surface area contributed by atoms with Gasteiger partial charge in [0.05, 0.1) is 0 Å². The second kappa shape index (κ2) is 4.41. The molecule has 9 heavy (non-hydrogen) atoms. The van der Waals surface area contributed by atoms with Gasteiger partial charge >= 0.3 is 0 Å². The van der Waals surface area contributed by atoms with Crippen molar-refractivity contribution < 1.29 is 13.6 Å². The molecule has 0 heterocycles. The molecule has 0 rings (SSSR count). The molecular weight excluding hydrogens is 126 g/mol. The molecule has 0 saturated carbocycles. The molecule has 0 aromatic carbocycles. The minimum Gasteiger partial charge on any atom is -0.300 e. The number of hydrogen-bond acceptors (Lipinski definition) is 1. The maximum absolute atomic E-state index is 11.4. The van der Waals surface area contributed by atoms with Gasteiger partial charge in [0.2, 0.25) is 6.43 Å². The van der Waals surface area contributed by atoms with E-state index in [9.17, 15) is 13.6 Å². The highest BCUT2D eigenvalue weighted by Gasteiger charge is 2.04. The first kappa shape index (κ1) is 8.53. The van der Waals surface area contributed by atoms with Gasteiger partial charge in [-0.15, -0.1) is 0 Å². The van der Waals surface area contributed by atoms with Gasteiger partial charge < -0.3 is 0 Å². The van der Waals surface area contributed by atoms with E-state index in [-0.39, 0.29) is 18.6 Å². The van der Waals surface area contributed by atoms with Gasteiger partial charge in [-0.3, -0.25) is 4.79 Å². The van der Waals surface area contributed by atoms with E-state index < -0.39 is 6.43 Å². The second-order valence-corrected chi connectivity index (χ2v) is 1.82. The molecule has 0 bridgehead atoms. The van der Waals surface area contributed by atoms with Crippen molar-refractivity contribution in [1.29, 1.82) is 0 Å². The smallest absolute Gasteiger partial charge is 0.239 e. The lowest BCUT2D eigenvalue weighted by molar-refractivity contribution is -0.119. The van der Waals surface area contributed by atoms with E-state index in [0.717, 1.165) is 0 Å². The van der Waals surface area contributed by atoms with Crippen LogP contribution < -0.4 is 0 Å². The SMILES string of the molecule is CCC(=O)CCC(F)F. The summed E-state index contributed by atoms with van der Waals surface area (Å²) in [6, 6.07) is 0. The van der Waals surface area contributed by atoms with Gasteiger partial charge in [-0.05, 0) is 0 Å². The third-order valence-electron chi connectivity index (χ3n) is 1.04. The van der Waals surface area contributed by atoms with Gasteiger partial charge in [0, 0.05) is 19.3 Å². The molecule has 0 aliphatic heterocycles. The fourth-order valence-electron chi connectivity index (χ4n) is 0.447. The molecule has 0 atom stereocenters. The number of alkyl halides is 2. The Kier molecular flexibility index (Phi) is 4.18. The van der Waals surface area contributed by atoms with E-state index >= 15 is 0 Å². The average molecular weight is 136 g/mol. The summed E-state index contributed by atoms with van der Waals surface area (Å²) in [4.78, 5) is 10.4. The monoisotopic (exact) mass is 136 g/mol. The zero-order valence-electron chi connectivity index (χ0n) is 5.36. The highest BCUT2D eigenvalue weighted by Crippen LogP contribution is 2.03. The van der Waals surface area contributed by atoms with Crippen LogP contribution >= 0.6 is 0 Å². The van der Waals surface area contributed by atoms with Crippen molar-refractivity contribution in [2.45, 2.75) is 32.6 Å². The lowest BCUT2D eigenvalue weighted by atomic mass is 10.2. The van der Waals surface area contributed by atoms with E-state index in [1.807, 2.05) is 0 Å². The summed E-state index contributed by atoms with van der Waals surface area (Å²) in [5, 5.41) is 0. The first-order chi connectivity index (χ1) is 4.16. The summed E-state index contributed by atoms with van der Waals surface area (Å²) >= 11 is 0. The average Bonchev–Trinajstić information content (AvgIpc) is 1.83. The van der Waals surface area contributed by atoms with Crippen molar-refractivity contribution >= 4 is 5.78 Å². The number of carbonyl (C=O) groups is 1. The number of ketones is 1. The van der Waals surface area contributed by atoms with Gasteiger partial charge in [-0.25, -0.2) is 8.78 Å². The Labute approximate surface area is 53.1 Å². The predicted octanol–water partition coefficient (Wildman–Crippen LogP) is 2.01. The van der Waals surface area contributed by atoms with Crippen molar-refractivity contribution in [3.05, 3.63) is 0 Å². The molecule has 0 aliphatic rings. The van der Waals surface area contributed by atoms with Crippen molar-refractivity contribution in [3.8, 4) is 0 Å². The fourth-order valence-corrected chi connectivity index (χ4v) is 0.447. The van der Waals surface area contributed by atoms with Crippen LogP contribution in [0.4, 0.5) is 8.78 Å². The minimum atomic E-state index is -2.33. The molecule has 0 aliphatic carbocycles. The van der Waals surface area contributed by atoms with Crippen LogP contribution in [0.5, 0.6) is 0 Å². The zero-order valence-corrected chi connectivity index (χ0v) is 5.36. The molecule has 54 valence electrons. The van der Waals surface area contributed by atoms with E-state index in [1.54, 1.807) is 6.92 Å². The Morgan fingerprint density at radius 2 is 2.11 bits per heavy atom. The van der Waals surface area contributed by atoms with Crippen LogP contribution in [0.2, 0.25) is 0 Å². The molecule has 0 amide bonds. The van der Waals surface area contributed by atoms with Crippen molar-refractivity contribution in [3.63, 3.8) is 0 Å². The highest BCUT2D eigenvalue weighted by molar-refractivity contribution is 5.77. The highest BCUT2D eigenvalue weighted by atomic mass is 19.3. The molecule has 0 aromatic heterocycles. The molecule has 0 radical (unpaired) electrons. The quantitative estimate of drug-likeness (QED) is 0.577. The maximum atomic E-state index is 11.4. The Morgan fingerprint density at radius 3 is 2.44 bits per heavy atom. The summed E-state index contributed by atoms with van der Waals surface area (Å²) in [7, 11) is 0. The van der Waals surface area contributed by atoms with E-state index in [1.165, 1.54) is 0 Å². The van der Waals surface area contributed by atoms with Crippen molar-refractivity contribution in [1.82, 2.24) is 0 Å². The third-order valence-corrected chi connectivity index (χ3v) is 1.04. The molecule has 3 heteroatoms. The molecule has 0 unspecified atom stereocenters. The number of hydrogen-bond donors (Lipinski definition) is 0. The normalized spacial score (nSPS) is 10.2. The van der Waals surface area contributed by atoms with Crippen LogP contribution in [0.1, 0.15) is 26.2 Å². The number of halogens is 2. The fraction of sp³-hybridized carbons (Fsp3) is 0.833. The maximum Gasteiger partial charge on any atom is 0.239 e. The Hall–Kier alpha value is -0.470. The van der Waals surface area contributed by atoms with Gasteiger partial charge in [0.25, 0.3) is 0 Å². The van der Waals surface area contributed by atoms with Crippen LogP contribution in [0.3, 0.4) is 0 Å². The third kappa shape index (κ3) is 5.40. The Balaban J connectivity index is 3.17. The van der Waals surface area contributed by atoms with Gasteiger partial charge in [-0.1, -0.05) is 6.92 Å². The van der Waals surface area contributed by atoms with Gasteiger partial charge in [0.15, 0.2) is 0 Å². The topological polar surface area (TPSA) is 17.1 Å². The standard InChI is InChI=1S/C6H10F2O/c1-2-5(9)3-4-6(7)8/h6H,2-4H2,1H3. The van der Waals surface area contributed by atoms with E-state index in [4.69, 9.17) is 0 Å². The summed E-state index contributed by atoms with van der Waals surface area (Å²) < 4.78 is 22.8. The summed E-state index contributed by atoms with van der Waals surface area (Å²) in [5.41, 5.74) is 0. The second-order valence-electron chi connectivity index (χ2n) is 1.82. The minimum absolute atomic E-state index is 0.0220. The Bertz CT molecular complexity index is 91.1. The lowest BCUT2D eigenvalue weighted by Crippen LogP contribution is -1.98. The predicted molar refractivity (Wildman–Crippen MR) is 30.5 cm³/mol. The lowest BCUT2D eigenvalue weighted by Gasteiger charge is -1.94. The summed E-state index contributed by atoms with van der Waals surface area (Å²) in [6.07, 6.45) is -2.23.